The van der Waals surface area contributed by atoms with Gasteiger partial charge in [0.25, 0.3) is 0 Å². The maximum Gasteiger partial charge on any atom is 0.489 e. The van der Waals surface area contributed by atoms with Crippen LogP contribution in [0.5, 0.6) is 0 Å². The summed E-state index contributed by atoms with van der Waals surface area (Å²) in [4.78, 5) is 7.68. The van der Waals surface area contributed by atoms with Gasteiger partial charge in [-0.15, -0.1) is 0 Å². The zero-order chi connectivity index (χ0) is 15.9. The molecule has 0 aliphatic rings. The maximum absolute atomic E-state index is 13.1. The summed E-state index contributed by atoms with van der Waals surface area (Å²) >= 11 is 0. The monoisotopic (exact) mass is 308 g/mol. The lowest BCUT2D eigenvalue weighted by Gasteiger charge is -2.11. The van der Waals surface area contributed by atoms with Gasteiger partial charge >= 0.3 is 13.3 Å². The average molecular weight is 308 g/mol. The molecule has 0 fully saturated rings. The SMILES string of the molecule is OB(O)c1ccnc2c1cnn2-c1ncccc1C(F)(F)F. The summed E-state index contributed by atoms with van der Waals surface area (Å²) in [5.74, 6) is -0.429. The van der Waals surface area contributed by atoms with Crippen molar-refractivity contribution in [3.05, 3.63) is 42.4 Å². The van der Waals surface area contributed by atoms with Crippen LogP contribution in [-0.4, -0.2) is 36.9 Å². The highest BCUT2D eigenvalue weighted by atomic mass is 19.4. The van der Waals surface area contributed by atoms with Crippen LogP contribution in [0, 0.1) is 0 Å². The number of fused-ring (bicyclic) bond motifs is 1. The molecule has 0 amide bonds. The van der Waals surface area contributed by atoms with Gasteiger partial charge in [-0.05, 0) is 23.7 Å². The van der Waals surface area contributed by atoms with Gasteiger partial charge in [-0.3, -0.25) is 0 Å². The summed E-state index contributed by atoms with van der Waals surface area (Å²) in [6.07, 6.45) is -0.920. The van der Waals surface area contributed by atoms with E-state index in [1.807, 2.05) is 0 Å². The number of rotatable bonds is 2. The molecule has 2 N–H and O–H groups in total. The fourth-order valence-electron chi connectivity index (χ4n) is 2.11. The second kappa shape index (κ2) is 5.07. The van der Waals surface area contributed by atoms with Crippen molar-refractivity contribution < 1.29 is 23.2 Å². The summed E-state index contributed by atoms with van der Waals surface area (Å²) in [7, 11) is -1.78. The summed E-state index contributed by atoms with van der Waals surface area (Å²) in [6.45, 7) is 0. The predicted molar refractivity (Wildman–Crippen MR) is 71.5 cm³/mol. The Morgan fingerprint density at radius 2 is 1.86 bits per heavy atom. The average Bonchev–Trinajstić information content (AvgIpc) is 2.89. The van der Waals surface area contributed by atoms with Crippen LogP contribution in [-0.2, 0) is 6.18 Å². The minimum absolute atomic E-state index is 0.0507. The molecule has 10 heteroatoms. The molecule has 0 aliphatic carbocycles. The van der Waals surface area contributed by atoms with Crippen molar-refractivity contribution in [3.8, 4) is 5.82 Å². The molecule has 3 aromatic rings. The highest BCUT2D eigenvalue weighted by Gasteiger charge is 2.35. The Labute approximate surface area is 122 Å². The normalized spacial score (nSPS) is 11.9. The number of hydrogen-bond acceptors (Lipinski definition) is 5. The summed E-state index contributed by atoms with van der Waals surface area (Å²) in [6, 6.07) is 3.41. The standard InChI is InChI=1S/C12H8BF3N4O2/c14-12(15,16)8-2-1-4-17-11(8)20-10-7(6-19-20)9(13(21)22)3-5-18-10/h1-6,21-22H. The molecule has 3 aromatic heterocycles. The lowest BCUT2D eigenvalue weighted by Crippen LogP contribution is -2.30. The minimum Gasteiger partial charge on any atom is -0.423 e. The fourth-order valence-corrected chi connectivity index (χ4v) is 2.11. The van der Waals surface area contributed by atoms with Crippen LogP contribution in [0.1, 0.15) is 5.56 Å². The second-order valence-electron chi connectivity index (χ2n) is 4.44. The molecule has 0 unspecified atom stereocenters. The van der Waals surface area contributed by atoms with Crippen molar-refractivity contribution in [2.75, 3.05) is 0 Å². The zero-order valence-corrected chi connectivity index (χ0v) is 10.9. The Balaban J connectivity index is 2.27. The van der Waals surface area contributed by atoms with Crippen molar-refractivity contribution in [2.45, 2.75) is 6.18 Å². The summed E-state index contributed by atoms with van der Waals surface area (Å²) in [5.41, 5.74) is -0.813. The first-order valence-electron chi connectivity index (χ1n) is 6.11. The molecule has 3 rings (SSSR count). The third-order valence-corrected chi connectivity index (χ3v) is 3.08. The molecule has 0 saturated carbocycles. The van der Waals surface area contributed by atoms with E-state index >= 15 is 0 Å². The first kappa shape index (κ1) is 14.5. The van der Waals surface area contributed by atoms with Gasteiger partial charge in [0.1, 0.15) is 5.56 Å². The molecule has 0 bridgehead atoms. The highest BCUT2D eigenvalue weighted by molar-refractivity contribution is 6.61. The van der Waals surface area contributed by atoms with Gasteiger partial charge < -0.3 is 10.0 Å². The van der Waals surface area contributed by atoms with E-state index in [-0.39, 0.29) is 16.5 Å². The molecule has 0 aliphatic heterocycles. The van der Waals surface area contributed by atoms with Gasteiger partial charge in [0.05, 0.1) is 6.20 Å². The predicted octanol–water partition coefficient (Wildman–Crippen LogP) is 0.514. The van der Waals surface area contributed by atoms with Crippen LogP contribution < -0.4 is 5.46 Å². The molecule has 22 heavy (non-hydrogen) atoms. The smallest absolute Gasteiger partial charge is 0.423 e. The van der Waals surface area contributed by atoms with E-state index in [1.54, 1.807) is 0 Å². The molecule has 0 atom stereocenters. The van der Waals surface area contributed by atoms with Crippen LogP contribution in [0.3, 0.4) is 0 Å². The lowest BCUT2D eigenvalue weighted by molar-refractivity contribution is -0.137. The van der Waals surface area contributed by atoms with Gasteiger partial charge in [-0.25, -0.2) is 9.97 Å². The number of aromatic nitrogens is 4. The molecular weight excluding hydrogens is 300 g/mol. The van der Waals surface area contributed by atoms with Gasteiger partial charge in [0.15, 0.2) is 11.5 Å². The zero-order valence-electron chi connectivity index (χ0n) is 10.9. The van der Waals surface area contributed by atoms with E-state index < -0.39 is 24.7 Å². The van der Waals surface area contributed by atoms with E-state index in [9.17, 15) is 23.2 Å². The van der Waals surface area contributed by atoms with E-state index in [4.69, 9.17) is 0 Å². The Hall–Kier alpha value is -2.46. The highest BCUT2D eigenvalue weighted by Crippen LogP contribution is 2.33. The van der Waals surface area contributed by atoms with Crippen molar-refractivity contribution in [1.29, 1.82) is 0 Å². The molecule has 0 saturated heterocycles. The number of pyridine rings is 2. The third-order valence-electron chi connectivity index (χ3n) is 3.08. The van der Waals surface area contributed by atoms with Gasteiger partial charge in [0.2, 0.25) is 0 Å². The molecule has 3 heterocycles. The van der Waals surface area contributed by atoms with Gasteiger partial charge in [-0.2, -0.15) is 23.0 Å². The Morgan fingerprint density at radius 1 is 1.09 bits per heavy atom. The van der Waals surface area contributed by atoms with E-state index in [1.165, 1.54) is 30.7 Å². The second-order valence-corrected chi connectivity index (χ2v) is 4.44. The quantitative estimate of drug-likeness (QED) is 0.674. The first-order valence-corrected chi connectivity index (χ1v) is 6.11. The fraction of sp³-hybridized carbons (Fsp3) is 0.0833. The number of hydrogen-bond donors (Lipinski definition) is 2. The summed E-state index contributed by atoms with van der Waals surface area (Å²) in [5, 5.41) is 22.6. The molecule has 0 aromatic carbocycles. The topological polar surface area (TPSA) is 84.1 Å². The molecule has 0 radical (unpaired) electrons. The van der Waals surface area contributed by atoms with Crippen molar-refractivity contribution in [1.82, 2.24) is 19.7 Å². The first-order chi connectivity index (χ1) is 10.4. The van der Waals surface area contributed by atoms with Crippen LogP contribution >= 0.6 is 0 Å². The van der Waals surface area contributed by atoms with Crippen LogP contribution in [0.2, 0.25) is 0 Å². The lowest BCUT2D eigenvalue weighted by atomic mass is 9.79. The molecule has 112 valence electrons. The van der Waals surface area contributed by atoms with E-state index in [0.29, 0.717) is 0 Å². The van der Waals surface area contributed by atoms with Crippen molar-refractivity contribution in [3.63, 3.8) is 0 Å². The van der Waals surface area contributed by atoms with Crippen molar-refractivity contribution >= 4 is 23.6 Å². The van der Waals surface area contributed by atoms with Crippen LogP contribution in [0.15, 0.2) is 36.8 Å². The third kappa shape index (κ3) is 2.32. The Morgan fingerprint density at radius 3 is 2.55 bits per heavy atom. The minimum atomic E-state index is -4.60. The molecular formula is C12H8BF3N4O2. The van der Waals surface area contributed by atoms with E-state index in [0.717, 1.165) is 10.7 Å². The maximum atomic E-state index is 13.1. The van der Waals surface area contributed by atoms with Crippen LogP contribution in [0.4, 0.5) is 13.2 Å². The van der Waals surface area contributed by atoms with Crippen LogP contribution in [0.25, 0.3) is 16.9 Å². The van der Waals surface area contributed by atoms with E-state index in [2.05, 4.69) is 15.1 Å². The van der Waals surface area contributed by atoms with Crippen molar-refractivity contribution in [2.24, 2.45) is 0 Å². The molecule has 6 nitrogen and oxygen atoms in total. The summed E-state index contributed by atoms with van der Waals surface area (Å²) < 4.78 is 40.1. The largest absolute Gasteiger partial charge is 0.489 e. The Kier molecular flexibility index (Phi) is 3.34. The number of halogens is 3. The molecule has 0 spiro atoms. The van der Waals surface area contributed by atoms with Gasteiger partial charge in [-0.1, -0.05) is 0 Å². The number of alkyl halides is 3. The number of nitrogens with zero attached hydrogens (tertiary/aromatic N) is 4. The van der Waals surface area contributed by atoms with Gasteiger partial charge in [0, 0.05) is 17.8 Å². The Bertz CT molecular complexity index is 835.